The monoisotopic (exact) mass is 248 g/mol. The van der Waals surface area contributed by atoms with Crippen LogP contribution in [0.2, 0.25) is 0 Å². The molecule has 1 rings (SSSR count). The number of hydrogen-bond acceptors (Lipinski definition) is 2. The number of aryl methyl sites for hydroxylation is 2. The van der Waals surface area contributed by atoms with Crippen LogP contribution in [0.4, 0.5) is 5.69 Å². The third kappa shape index (κ3) is 3.33. The minimum absolute atomic E-state index is 0.0455. The van der Waals surface area contributed by atoms with E-state index < -0.39 is 0 Å². The average Bonchev–Trinajstić information content (AvgIpc) is 2.32. The van der Waals surface area contributed by atoms with Crippen molar-refractivity contribution in [3.8, 4) is 0 Å². The first-order chi connectivity index (χ1) is 8.36. The lowest BCUT2D eigenvalue weighted by atomic mass is 9.98. The third-order valence-electron chi connectivity index (χ3n) is 3.57. The van der Waals surface area contributed by atoms with Gasteiger partial charge in [0.05, 0.1) is 0 Å². The van der Waals surface area contributed by atoms with Crippen LogP contribution in [0.1, 0.15) is 35.6 Å². The minimum Gasteiger partial charge on any atom is -0.330 e. The first kappa shape index (κ1) is 14.7. The highest BCUT2D eigenvalue weighted by atomic mass is 16.1. The molecule has 0 spiro atoms. The number of benzene rings is 1. The molecule has 1 aromatic carbocycles. The predicted octanol–water partition coefficient (Wildman–Crippen LogP) is 2.84. The van der Waals surface area contributed by atoms with Crippen LogP contribution in [0.3, 0.4) is 0 Å². The zero-order chi connectivity index (χ0) is 13.9. The number of anilines is 1. The molecule has 0 aliphatic rings. The van der Waals surface area contributed by atoms with Crippen LogP contribution < -0.4 is 11.1 Å². The maximum atomic E-state index is 11.9. The molecule has 0 heterocycles. The molecule has 100 valence electrons. The van der Waals surface area contributed by atoms with Gasteiger partial charge in [0, 0.05) is 12.1 Å². The van der Waals surface area contributed by atoms with Crippen LogP contribution in [-0.2, 0) is 4.79 Å². The maximum Gasteiger partial charge on any atom is 0.224 e. The molecule has 0 aliphatic heterocycles. The summed E-state index contributed by atoms with van der Waals surface area (Å²) in [4.78, 5) is 11.9. The summed E-state index contributed by atoms with van der Waals surface area (Å²) in [5, 5.41) is 3.03. The lowest BCUT2D eigenvalue weighted by molar-refractivity contribution is -0.116. The number of nitrogens with one attached hydrogen (secondary N) is 1. The van der Waals surface area contributed by atoms with Gasteiger partial charge < -0.3 is 11.1 Å². The van der Waals surface area contributed by atoms with Crippen LogP contribution in [0.15, 0.2) is 6.07 Å². The highest BCUT2D eigenvalue weighted by Gasteiger charge is 2.13. The van der Waals surface area contributed by atoms with Gasteiger partial charge in [0.1, 0.15) is 0 Å². The Kier molecular flexibility index (Phi) is 4.91. The number of carbonyl (C=O) groups excluding carboxylic acids is 1. The first-order valence-electron chi connectivity index (χ1n) is 6.44. The molecule has 0 bridgehead atoms. The molecule has 0 radical (unpaired) electrons. The molecule has 0 fully saturated rings. The second kappa shape index (κ2) is 6.01. The smallest absolute Gasteiger partial charge is 0.224 e. The van der Waals surface area contributed by atoms with Crippen molar-refractivity contribution in [1.29, 1.82) is 0 Å². The highest BCUT2D eigenvalue weighted by Crippen LogP contribution is 2.26. The molecule has 0 saturated carbocycles. The van der Waals surface area contributed by atoms with E-state index in [0.29, 0.717) is 13.0 Å². The van der Waals surface area contributed by atoms with E-state index in [1.54, 1.807) is 0 Å². The number of rotatable bonds is 4. The van der Waals surface area contributed by atoms with Crippen molar-refractivity contribution in [3.05, 3.63) is 28.3 Å². The Hall–Kier alpha value is -1.35. The lowest BCUT2D eigenvalue weighted by Crippen LogP contribution is -2.21. The predicted molar refractivity (Wildman–Crippen MR) is 76.9 cm³/mol. The van der Waals surface area contributed by atoms with Crippen LogP contribution in [0, 0.1) is 33.6 Å². The topological polar surface area (TPSA) is 55.1 Å². The summed E-state index contributed by atoms with van der Waals surface area (Å²) >= 11 is 0. The Labute approximate surface area is 110 Å². The third-order valence-corrected chi connectivity index (χ3v) is 3.57. The fraction of sp³-hybridized carbons (Fsp3) is 0.533. The van der Waals surface area contributed by atoms with Crippen LogP contribution in [-0.4, -0.2) is 12.5 Å². The molecule has 3 nitrogen and oxygen atoms in total. The molecule has 1 atom stereocenters. The summed E-state index contributed by atoms with van der Waals surface area (Å²) in [7, 11) is 0. The summed E-state index contributed by atoms with van der Waals surface area (Å²) in [6, 6.07) is 2.16. The van der Waals surface area contributed by atoms with Crippen molar-refractivity contribution in [2.24, 2.45) is 11.7 Å². The van der Waals surface area contributed by atoms with Crippen molar-refractivity contribution < 1.29 is 4.79 Å². The summed E-state index contributed by atoms with van der Waals surface area (Å²) in [6.45, 7) is 10.8. The van der Waals surface area contributed by atoms with Gasteiger partial charge in [-0.3, -0.25) is 4.79 Å². The van der Waals surface area contributed by atoms with Gasteiger partial charge in [-0.15, -0.1) is 0 Å². The maximum absolute atomic E-state index is 11.9. The van der Waals surface area contributed by atoms with E-state index in [2.05, 4.69) is 25.2 Å². The van der Waals surface area contributed by atoms with Crippen molar-refractivity contribution in [1.82, 2.24) is 0 Å². The molecular formula is C15H24N2O. The Balaban J connectivity index is 2.94. The normalized spacial score (nSPS) is 12.3. The largest absolute Gasteiger partial charge is 0.330 e. The van der Waals surface area contributed by atoms with Crippen LogP contribution >= 0.6 is 0 Å². The van der Waals surface area contributed by atoms with Gasteiger partial charge in [-0.1, -0.05) is 13.0 Å². The molecule has 1 unspecified atom stereocenters. The SMILES string of the molecule is Cc1cc(C)c(C)c(NC(=O)CC(C)CN)c1C. The Morgan fingerprint density at radius 3 is 2.17 bits per heavy atom. The number of hydrogen-bond donors (Lipinski definition) is 2. The Morgan fingerprint density at radius 1 is 1.22 bits per heavy atom. The zero-order valence-electron chi connectivity index (χ0n) is 12.1. The molecule has 0 aliphatic carbocycles. The zero-order valence-corrected chi connectivity index (χ0v) is 12.1. The minimum atomic E-state index is 0.0455. The Bertz CT molecular complexity index is 426. The van der Waals surface area contributed by atoms with Gasteiger partial charge in [0.2, 0.25) is 5.91 Å². The standard InChI is InChI=1S/C15H24N2O/c1-9(8-16)6-14(18)17-15-12(4)10(2)7-11(3)13(15)5/h7,9H,6,8,16H2,1-5H3,(H,17,18). The molecular weight excluding hydrogens is 224 g/mol. The van der Waals surface area contributed by atoms with E-state index >= 15 is 0 Å². The number of carbonyl (C=O) groups is 1. The summed E-state index contributed by atoms with van der Waals surface area (Å²) in [5.74, 6) is 0.265. The van der Waals surface area contributed by atoms with Crippen LogP contribution in [0.25, 0.3) is 0 Å². The summed E-state index contributed by atoms with van der Waals surface area (Å²) < 4.78 is 0. The average molecular weight is 248 g/mol. The molecule has 1 amide bonds. The van der Waals surface area contributed by atoms with E-state index in [4.69, 9.17) is 5.73 Å². The first-order valence-corrected chi connectivity index (χ1v) is 6.44. The van der Waals surface area contributed by atoms with Crippen molar-refractivity contribution >= 4 is 11.6 Å². The highest BCUT2D eigenvalue weighted by molar-refractivity contribution is 5.93. The number of nitrogens with two attached hydrogens (primary N) is 1. The molecule has 3 N–H and O–H groups in total. The van der Waals surface area contributed by atoms with E-state index in [9.17, 15) is 4.79 Å². The second-order valence-electron chi connectivity index (χ2n) is 5.23. The van der Waals surface area contributed by atoms with Gasteiger partial charge in [0.15, 0.2) is 0 Å². The van der Waals surface area contributed by atoms with E-state index in [1.165, 1.54) is 11.1 Å². The van der Waals surface area contributed by atoms with Gasteiger partial charge in [-0.25, -0.2) is 0 Å². The lowest BCUT2D eigenvalue weighted by Gasteiger charge is -2.17. The molecule has 0 saturated heterocycles. The van der Waals surface area contributed by atoms with E-state index in [0.717, 1.165) is 16.8 Å². The summed E-state index contributed by atoms with van der Waals surface area (Å²) in [6.07, 6.45) is 0.475. The molecule has 18 heavy (non-hydrogen) atoms. The van der Waals surface area contributed by atoms with Gasteiger partial charge in [0.25, 0.3) is 0 Å². The Morgan fingerprint density at radius 2 is 1.72 bits per heavy atom. The fourth-order valence-corrected chi connectivity index (χ4v) is 1.99. The molecule has 0 aromatic heterocycles. The van der Waals surface area contributed by atoms with Crippen molar-refractivity contribution in [2.75, 3.05) is 11.9 Å². The van der Waals surface area contributed by atoms with Gasteiger partial charge in [-0.2, -0.15) is 0 Å². The second-order valence-corrected chi connectivity index (χ2v) is 5.23. The van der Waals surface area contributed by atoms with Gasteiger partial charge >= 0.3 is 0 Å². The quantitative estimate of drug-likeness (QED) is 0.861. The van der Waals surface area contributed by atoms with Crippen molar-refractivity contribution in [2.45, 2.75) is 41.0 Å². The van der Waals surface area contributed by atoms with Crippen LogP contribution in [0.5, 0.6) is 0 Å². The molecule has 3 heteroatoms. The number of amides is 1. The molecule has 1 aromatic rings. The van der Waals surface area contributed by atoms with E-state index in [-0.39, 0.29) is 11.8 Å². The summed E-state index contributed by atoms with van der Waals surface area (Å²) in [5.41, 5.74) is 11.2. The van der Waals surface area contributed by atoms with Gasteiger partial charge in [-0.05, 0) is 62.4 Å². The van der Waals surface area contributed by atoms with E-state index in [1.807, 2.05) is 20.8 Å². The van der Waals surface area contributed by atoms with Crippen molar-refractivity contribution in [3.63, 3.8) is 0 Å². The fourth-order valence-electron chi connectivity index (χ4n) is 1.99.